The average molecular weight is 493 g/mol. The summed E-state index contributed by atoms with van der Waals surface area (Å²) in [6, 6.07) is 18.2. The van der Waals surface area contributed by atoms with Crippen molar-refractivity contribution in [2.45, 2.75) is 25.7 Å². The molecule has 35 heavy (non-hydrogen) atoms. The highest BCUT2D eigenvalue weighted by atomic mass is 32.1. The van der Waals surface area contributed by atoms with Gasteiger partial charge in [-0.25, -0.2) is 0 Å². The Hall–Kier alpha value is -3.69. The first-order valence-electron chi connectivity index (χ1n) is 11.3. The van der Waals surface area contributed by atoms with Crippen LogP contribution in [-0.4, -0.2) is 53.9 Å². The zero-order valence-corrected chi connectivity index (χ0v) is 20.3. The van der Waals surface area contributed by atoms with E-state index in [-0.39, 0.29) is 37.9 Å². The molecule has 0 saturated carbocycles. The number of carbonyl (C=O) groups excluding carboxylic acids is 3. The number of ether oxygens (including phenoxy) is 1. The molecule has 0 aliphatic carbocycles. The maximum Gasteiger partial charge on any atom is 0.264 e. The minimum absolute atomic E-state index is 0.182. The highest BCUT2D eigenvalue weighted by Crippen LogP contribution is 2.23. The highest BCUT2D eigenvalue weighted by Gasteiger charge is 2.42. The van der Waals surface area contributed by atoms with Gasteiger partial charge in [-0.05, 0) is 40.8 Å². The van der Waals surface area contributed by atoms with Gasteiger partial charge in [-0.15, -0.1) is 11.3 Å². The Morgan fingerprint density at radius 2 is 1.80 bits per heavy atom. The van der Waals surface area contributed by atoms with Crippen LogP contribution in [0, 0.1) is 0 Å². The zero-order valence-electron chi connectivity index (χ0n) is 19.5. The predicted molar refractivity (Wildman–Crippen MR) is 134 cm³/mol. The number of nitrogens with zero attached hydrogens (tertiary/aromatic N) is 2. The Balaban J connectivity index is 1.56. The molecule has 1 atom stereocenters. The lowest BCUT2D eigenvalue weighted by Crippen LogP contribution is -2.53. The molecule has 2 heterocycles. The van der Waals surface area contributed by atoms with Crippen molar-refractivity contribution in [3.63, 3.8) is 0 Å². The molecule has 4 rings (SSSR count). The van der Waals surface area contributed by atoms with E-state index in [9.17, 15) is 14.4 Å². The molecular formula is C26H28N4O4S. The van der Waals surface area contributed by atoms with Gasteiger partial charge in [-0.1, -0.05) is 36.4 Å². The summed E-state index contributed by atoms with van der Waals surface area (Å²) in [4.78, 5) is 43.8. The molecule has 1 aliphatic heterocycles. The van der Waals surface area contributed by atoms with Gasteiger partial charge in [0, 0.05) is 36.6 Å². The van der Waals surface area contributed by atoms with Crippen molar-refractivity contribution in [2.24, 2.45) is 5.73 Å². The van der Waals surface area contributed by atoms with Gasteiger partial charge in [0.2, 0.25) is 5.91 Å². The molecule has 1 aliphatic rings. The summed E-state index contributed by atoms with van der Waals surface area (Å²) < 4.78 is 5.24. The number of thiophene rings is 1. The van der Waals surface area contributed by atoms with Gasteiger partial charge in [0.25, 0.3) is 11.8 Å². The number of nitrogens with one attached hydrogen (secondary N) is 1. The van der Waals surface area contributed by atoms with Crippen molar-refractivity contribution < 1.29 is 19.1 Å². The molecule has 2 aromatic carbocycles. The third kappa shape index (κ3) is 5.70. The van der Waals surface area contributed by atoms with Crippen LogP contribution in [0.2, 0.25) is 0 Å². The molecule has 9 heteroatoms. The second kappa shape index (κ2) is 11.2. The maximum atomic E-state index is 13.4. The summed E-state index contributed by atoms with van der Waals surface area (Å²) in [5.74, 6) is -0.392. The van der Waals surface area contributed by atoms with E-state index in [1.54, 1.807) is 24.3 Å². The summed E-state index contributed by atoms with van der Waals surface area (Å²) in [6.07, 6.45) is -0.861. The minimum atomic E-state index is -1.04. The summed E-state index contributed by atoms with van der Waals surface area (Å²) in [5, 5.41) is 4.81. The number of rotatable bonds is 8. The highest BCUT2D eigenvalue weighted by molar-refractivity contribution is 7.10. The average Bonchev–Trinajstić information content (AvgIpc) is 3.57. The van der Waals surface area contributed by atoms with Crippen LogP contribution >= 0.6 is 11.3 Å². The van der Waals surface area contributed by atoms with Gasteiger partial charge in [0.05, 0.1) is 13.5 Å². The van der Waals surface area contributed by atoms with Gasteiger partial charge in [-0.2, -0.15) is 0 Å². The topological polar surface area (TPSA) is 105 Å². The Morgan fingerprint density at radius 1 is 1.03 bits per heavy atom. The summed E-state index contributed by atoms with van der Waals surface area (Å²) in [7, 11) is 1.53. The molecule has 1 unspecified atom stereocenters. The molecule has 8 nitrogen and oxygen atoms in total. The lowest BCUT2D eigenvalue weighted by Gasteiger charge is -2.29. The van der Waals surface area contributed by atoms with E-state index in [1.165, 1.54) is 28.2 Å². The standard InChI is InChI=1S/C26H28N4O4S/c1-34-21-8-3-7-20(14-21)26(33)30-11-10-29(23(31)15-22-9-4-12-35-22)25(30)24(32)28-17-19-6-2-5-18(13-19)16-27/h2-9,12-14,25H,10-11,15-17,27H2,1H3,(H,28,32). The van der Waals surface area contributed by atoms with Crippen molar-refractivity contribution in [1.82, 2.24) is 15.1 Å². The van der Waals surface area contributed by atoms with Crippen molar-refractivity contribution in [3.8, 4) is 5.75 Å². The number of carbonyl (C=O) groups is 3. The van der Waals surface area contributed by atoms with Crippen LogP contribution in [-0.2, 0) is 29.1 Å². The number of nitrogens with two attached hydrogens (primary N) is 1. The van der Waals surface area contributed by atoms with Crippen LogP contribution in [0.4, 0.5) is 0 Å². The fourth-order valence-corrected chi connectivity index (χ4v) is 4.81. The molecule has 3 aromatic rings. The number of hydrogen-bond acceptors (Lipinski definition) is 6. The molecule has 0 radical (unpaired) electrons. The number of hydrogen-bond donors (Lipinski definition) is 2. The van der Waals surface area contributed by atoms with E-state index in [1.807, 2.05) is 41.8 Å². The van der Waals surface area contributed by atoms with Gasteiger partial charge >= 0.3 is 0 Å². The molecular weight excluding hydrogens is 464 g/mol. The first-order chi connectivity index (χ1) is 17.0. The lowest BCUT2D eigenvalue weighted by atomic mass is 10.1. The second-order valence-corrected chi connectivity index (χ2v) is 9.22. The molecule has 0 bridgehead atoms. The van der Waals surface area contributed by atoms with Gasteiger partial charge in [0.1, 0.15) is 5.75 Å². The molecule has 3 amide bonds. The third-order valence-electron chi connectivity index (χ3n) is 5.90. The quantitative estimate of drug-likeness (QED) is 0.502. The van der Waals surface area contributed by atoms with Gasteiger partial charge in [-0.3, -0.25) is 14.4 Å². The number of benzene rings is 2. The van der Waals surface area contributed by atoms with Crippen LogP contribution < -0.4 is 15.8 Å². The second-order valence-electron chi connectivity index (χ2n) is 8.19. The summed E-state index contributed by atoms with van der Waals surface area (Å²) in [6.45, 7) is 1.20. The summed E-state index contributed by atoms with van der Waals surface area (Å²) in [5.41, 5.74) is 7.97. The van der Waals surface area contributed by atoms with Crippen LogP contribution in [0.1, 0.15) is 26.4 Å². The van der Waals surface area contributed by atoms with E-state index in [4.69, 9.17) is 10.5 Å². The van der Waals surface area contributed by atoms with Crippen molar-refractivity contribution in [1.29, 1.82) is 0 Å². The van der Waals surface area contributed by atoms with E-state index < -0.39 is 12.1 Å². The molecule has 0 spiro atoms. The van der Waals surface area contributed by atoms with E-state index in [0.29, 0.717) is 17.9 Å². The van der Waals surface area contributed by atoms with E-state index in [2.05, 4.69) is 5.32 Å². The van der Waals surface area contributed by atoms with Gasteiger partial charge < -0.3 is 25.6 Å². The molecule has 1 aromatic heterocycles. The maximum absolute atomic E-state index is 13.4. The van der Waals surface area contributed by atoms with Gasteiger partial charge in [0.15, 0.2) is 6.17 Å². The van der Waals surface area contributed by atoms with E-state index in [0.717, 1.165) is 16.0 Å². The third-order valence-corrected chi connectivity index (χ3v) is 6.78. The summed E-state index contributed by atoms with van der Waals surface area (Å²) >= 11 is 1.49. The fourth-order valence-electron chi connectivity index (χ4n) is 4.12. The number of methoxy groups -OCH3 is 1. The van der Waals surface area contributed by atoms with Crippen molar-refractivity contribution >= 4 is 29.1 Å². The molecule has 1 saturated heterocycles. The van der Waals surface area contributed by atoms with Crippen LogP contribution in [0.5, 0.6) is 5.75 Å². The molecule has 1 fully saturated rings. The molecule has 3 N–H and O–H groups in total. The molecule has 182 valence electrons. The fraction of sp³-hybridized carbons (Fsp3) is 0.269. The van der Waals surface area contributed by atoms with Crippen molar-refractivity contribution in [3.05, 3.63) is 87.6 Å². The Bertz CT molecular complexity index is 1200. The van der Waals surface area contributed by atoms with E-state index >= 15 is 0 Å². The van der Waals surface area contributed by atoms with Crippen LogP contribution in [0.3, 0.4) is 0 Å². The largest absolute Gasteiger partial charge is 0.497 e. The lowest BCUT2D eigenvalue weighted by molar-refractivity contribution is -0.140. The Morgan fingerprint density at radius 3 is 2.54 bits per heavy atom. The monoisotopic (exact) mass is 492 g/mol. The predicted octanol–water partition coefficient (Wildman–Crippen LogP) is 2.38. The van der Waals surface area contributed by atoms with Crippen molar-refractivity contribution in [2.75, 3.05) is 20.2 Å². The Labute approximate surface area is 208 Å². The SMILES string of the molecule is COc1cccc(C(=O)N2CCN(C(=O)Cc3cccs3)C2C(=O)NCc2cccc(CN)c2)c1. The first-order valence-corrected chi connectivity index (χ1v) is 12.2. The van der Waals surface area contributed by atoms with Crippen LogP contribution in [0.15, 0.2) is 66.0 Å². The normalized spacial score (nSPS) is 15.2. The van der Waals surface area contributed by atoms with Crippen LogP contribution in [0.25, 0.3) is 0 Å². The first kappa shape index (κ1) is 24.4. The Kier molecular flexibility index (Phi) is 7.79. The smallest absolute Gasteiger partial charge is 0.264 e. The minimum Gasteiger partial charge on any atom is -0.497 e. The number of amides is 3. The zero-order chi connectivity index (χ0) is 24.8.